The monoisotopic (exact) mass is 1070 g/mol. The molecule has 9 nitrogen and oxygen atoms in total. The maximum atomic E-state index is 12.8. The molecule has 0 fully saturated rings. The number of rotatable bonds is 52. The van der Waals surface area contributed by atoms with Crippen LogP contribution in [0, 0.1) is 0 Å². The van der Waals surface area contributed by atoms with Crippen molar-refractivity contribution in [2.45, 2.75) is 213 Å². The molecule has 76 heavy (non-hydrogen) atoms. The van der Waals surface area contributed by atoms with Gasteiger partial charge >= 0.3 is 11.9 Å². The van der Waals surface area contributed by atoms with Crippen LogP contribution in [0.3, 0.4) is 0 Å². The summed E-state index contributed by atoms with van der Waals surface area (Å²) in [5.41, 5.74) is 0. The van der Waals surface area contributed by atoms with Gasteiger partial charge in [0.05, 0.1) is 27.7 Å². The molecule has 0 aromatic rings. The van der Waals surface area contributed by atoms with Gasteiger partial charge in [-0.15, -0.1) is 0 Å². The lowest BCUT2D eigenvalue weighted by atomic mass is 10.0. The Bertz CT molecular complexity index is 1790. The van der Waals surface area contributed by atoms with Gasteiger partial charge < -0.3 is 27.9 Å². The maximum Gasteiger partial charge on any atom is 0.306 e. The zero-order valence-electron chi connectivity index (χ0n) is 48.6. The molecule has 0 saturated heterocycles. The van der Waals surface area contributed by atoms with Gasteiger partial charge in [0.15, 0.2) is 6.10 Å². The van der Waals surface area contributed by atoms with Gasteiger partial charge in [0.25, 0.3) is 7.82 Å². The molecule has 0 rings (SSSR count). The van der Waals surface area contributed by atoms with Gasteiger partial charge in [0.1, 0.15) is 19.8 Å². The van der Waals surface area contributed by atoms with Crippen molar-refractivity contribution in [1.82, 2.24) is 0 Å². The minimum Gasteiger partial charge on any atom is -0.756 e. The average Bonchev–Trinajstić information content (AvgIpc) is 3.38. The molecule has 0 aromatic carbocycles. The molecule has 0 amide bonds. The molecule has 2 unspecified atom stereocenters. The number of allylic oxidation sites excluding steroid dienone is 24. The van der Waals surface area contributed by atoms with Crippen LogP contribution in [0.4, 0.5) is 0 Å². The second-order valence-corrected chi connectivity index (χ2v) is 21.7. The Morgan fingerprint density at radius 2 is 0.750 bits per heavy atom. The normalized spacial score (nSPS) is 14.3. The molecule has 0 N–H and O–H groups in total. The number of hydrogen-bond donors (Lipinski definition) is 0. The summed E-state index contributed by atoms with van der Waals surface area (Å²) in [5.74, 6) is -0.893. The second-order valence-electron chi connectivity index (χ2n) is 20.3. The highest BCUT2D eigenvalue weighted by Crippen LogP contribution is 2.38. The predicted molar refractivity (Wildman–Crippen MR) is 323 cm³/mol. The number of likely N-dealkylation sites (N-methyl/N-ethyl adjacent to an activating group) is 1. The van der Waals surface area contributed by atoms with E-state index in [1.807, 2.05) is 21.1 Å². The van der Waals surface area contributed by atoms with Crippen molar-refractivity contribution in [1.29, 1.82) is 0 Å². The summed E-state index contributed by atoms with van der Waals surface area (Å²) in [4.78, 5) is 37.7. The standard InChI is InChI=1S/C66H108NO8P/c1-6-8-10-12-14-16-18-20-21-22-23-24-25-26-27-28-29-30-31-32-33-34-35-36-37-38-39-40-41-42-43-44-45-47-49-51-53-55-57-59-66(69)75-64(63-74-76(70,71)73-61-60-67(3,4)5)62-72-65(68)58-56-54-52-50-48-46-19-17-15-13-11-9-7-2/h8,10,14,16,20-21,23-24,26-27,29-30,32-33,35-36,38-39,41-42,44-45,49,51,64H,6-7,9,11-13,15,17-19,22,25,28,31,34,37,40,43,46-48,50,52-63H2,1-5H3/b10-8-,16-14-,21-20-,24-23-,27-26-,30-29-,33-32-,36-35-,39-38-,42-41-,45-44-,51-49-. The minimum absolute atomic E-state index is 0.0459. The molecule has 0 aliphatic heterocycles. The summed E-state index contributed by atoms with van der Waals surface area (Å²) in [6, 6.07) is 0. The molecule has 0 aromatic heterocycles. The number of carbonyl (C=O) groups excluding carboxylic acids is 2. The highest BCUT2D eigenvalue weighted by atomic mass is 31.2. The number of esters is 2. The zero-order chi connectivity index (χ0) is 55.6. The fourth-order valence-electron chi connectivity index (χ4n) is 7.34. The summed E-state index contributed by atoms with van der Waals surface area (Å²) in [5, 5.41) is 0. The van der Waals surface area contributed by atoms with Crippen LogP contribution in [0.5, 0.6) is 0 Å². The SMILES string of the molecule is CC/C=C\C/C=C\C/C=C\C/C=C\C/C=C\C/C=C\C/C=C\C/C=C\C/C=C\C/C=C\C/C=C\C/C=C\CCCCC(=O)OC(COC(=O)CCCCCCCCCCCCCCC)COP(=O)([O-])OCC[N+](C)(C)C. The number of nitrogens with zero attached hydrogens (tertiary/aromatic N) is 1. The van der Waals surface area contributed by atoms with E-state index in [0.29, 0.717) is 17.4 Å². The van der Waals surface area contributed by atoms with Crippen LogP contribution in [0.15, 0.2) is 146 Å². The number of unbranched alkanes of at least 4 members (excludes halogenated alkanes) is 14. The molecular weight excluding hydrogens is 966 g/mol. The van der Waals surface area contributed by atoms with Gasteiger partial charge in [0.2, 0.25) is 0 Å². The first-order valence-electron chi connectivity index (χ1n) is 29.5. The third kappa shape index (κ3) is 59.1. The molecule has 0 radical (unpaired) electrons. The lowest BCUT2D eigenvalue weighted by Crippen LogP contribution is -2.37. The third-order valence-electron chi connectivity index (χ3n) is 11.9. The first-order chi connectivity index (χ1) is 37.0. The van der Waals surface area contributed by atoms with E-state index >= 15 is 0 Å². The van der Waals surface area contributed by atoms with Crippen molar-refractivity contribution in [2.24, 2.45) is 0 Å². The van der Waals surface area contributed by atoms with Crippen LogP contribution >= 0.6 is 7.82 Å². The Hall–Kier alpha value is -4.11. The number of carbonyl (C=O) groups is 2. The van der Waals surface area contributed by atoms with Crippen molar-refractivity contribution >= 4 is 19.8 Å². The Morgan fingerprint density at radius 3 is 1.12 bits per heavy atom. The minimum atomic E-state index is -4.65. The van der Waals surface area contributed by atoms with Gasteiger partial charge in [-0.3, -0.25) is 14.2 Å². The van der Waals surface area contributed by atoms with Crippen molar-refractivity contribution in [3.8, 4) is 0 Å². The molecule has 0 aliphatic carbocycles. The fraction of sp³-hybridized carbons (Fsp3) is 0.606. The van der Waals surface area contributed by atoms with Crippen LogP contribution < -0.4 is 4.89 Å². The number of phosphoric ester groups is 1. The highest BCUT2D eigenvalue weighted by Gasteiger charge is 2.21. The van der Waals surface area contributed by atoms with Crippen molar-refractivity contribution in [3.63, 3.8) is 0 Å². The van der Waals surface area contributed by atoms with E-state index in [2.05, 4.69) is 160 Å². The van der Waals surface area contributed by atoms with Crippen LogP contribution in [-0.4, -0.2) is 70.0 Å². The number of phosphoric acid groups is 1. The average molecular weight is 1070 g/mol. The fourth-order valence-corrected chi connectivity index (χ4v) is 8.07. The first-order valence-corrected chi connectivity index (χ1v) is 31.0. The van der Waals surface area contributed by atoms with E-state index in [1.165, 1.54) is 64.2 Å². The maximum absolute atomic E-state index is 12.8. The van der Waals surface area contributed by atoms with Crippen molar-refractivity contribution in [3.05, 3.63) is 146 Å². The summed E-state index contributed by atoms with van der Waals surface area (Å²) < 4.78 is 34.0. The van der Waals surface area contributed by atoms with E-state index in [0.717, 1.165) is 109 Å². The highest BCUT2D eigenvalue weighted by molar-refractivity contribution is 7.45. The van der Waals surface area contributed by atoms with E-state index in [-0.39, 0.29) is 26.1 Å². The largest absolute Gasteiger partial charge is 0.756 e. The number of hydrogen-bond acceptors (Lipinski definition) is 8. The molecule has 0 spiro atoms. The van der Waals surface area contributed by atoms with Crippen LogP contribution in [-0.2, 0) is 32.7 Å². The van der Waals surface area contributed by atoms with E-state index in [1.54, 1.807) is 0 Å². The molecule has 0 heterocycles. The van der Waals surface area contributed by atoms with Crippen molar-refractivity contribution < 1.29 is 42.1 Å². The molecule has 2 atom stereocenters. The molecule has 10 heteroatoms. The van der Waals surface area contributed by atoms with Gasteiger partial charge in [-0.1, -0.05) is 237 Å². The molecule has 0 aliphatic rings. The Morgan fingerprint density at radius 1 is 0.421 bits per heavy atom. The number of ether oxygens (including phenoxy) is 2. The zero-order valence-corrected chi connectivity index (χ0v) is 49.5. The third-order valence-corrected chi connectivity index (χ3v) is 12.8. The summed E-state index contributed by atoms with van der Waals surface area (Å²) >= 11 is 0. The Balaban J connectivity index is 4.23. The summed E-state index contributed by atoms with van der Waals surface area (Å²) in [6.45, 7) is 4.05. The van der Waals surface area contributed by atoms with Crippen LogP contribution in [0.2, 0.25) is 0 Å². The van der Waals surface area contributed by atoms with Gasteiger partial charge in [-0.25, -0.2) is 0 Å². The first kappa shape index (κ1) is 71.9. The van der Waals surface area contributed by atoms with E-state index < -0.39 is 32.5 Å². The Labute approximate surface area is 465 Å². The number of quaternary nitrogens is 1. The lowest BCUT2D eigenvalue weighted by Gasteiger charge is -2.28. The van der Waals surface area contributed by atoms with Gasteiger partial charge in [0, 0.05) is 12.8 Å². The van der Waals surface area contributed by atoms with E-state index in [4.69, 9.17) is 18.5 Å². The summed E-state index contributed by atoms with van der Waals surface area (Å²) in [7, 11) is 1.12. The van der Waals surface area contributed by atoms with E-state index in [9.17, 15) is 19.0 Å². The molecule has 0 bridgehead atoms. The predicted octanol–water partition coefficient (Wildman–Crippen LogP) is 18.1. The molecule has 0 saturated carbocycles. The van der Waals surface area contributed by atoms with Crippen LogP contribution in [0.25, 0.3) is 0 Å². The van der Waals surface area contributed by atoms with Gasteiger partial charge in [-0.05, 0) is 103 Å². The van der Waals surface area contributed by atoms with Crippen molar-refractivity contribution in [2.75, 3.05) is 47.5 Å². The second kappa shape index (κ2) is 55.6. The quantitative estimate of drug-likeness (QED) is 0.0195. The lowest BCUT2D eigenvalue weighted by molar-refractivity contribution is -0.870. The van der Waals surface area contributed by atoms with Gasteiger partial charge in [-0.2, -0.15) is 0 Å². The smallest absolute Gasteiger partial charge is 0.306 e. The topological polar surface area (TPSA) is 111 Å². The Kier molecular flexibility index (Phi) is 52.6. The summed E-state index contributed by atoms with van der Waals surface area (Å²) in [6.07, 6.45) is 81.9. The molecular formula is C66H108NO8P. The molecule has 430 valence electrons. The van der Waals surface area contributed by atoms with Crippen LogP contribution in [0.1, 0.15) is 206 Å².